The summed E-state index contributed by atoms with van der Waals surface area (Å²) in [4.78, 5) is 30.9. The zero-order valence-electron chi connectivity index (χ0n) is 18.3. The summed E-state index contributed by atoms with van der Waals surface area (Å²) in [5.41, 5.74) is 2.17. The Labute approximate surface area is 195 Å². The molecule has 0 unspecified atom stereocenters. The Morgan fingerprint density at radius 3 is 2.59 bits per heavy atom. The molecule has 3 heterocycles. The van der Waals surface area contributed by atoms with Crippen molar-refractivity contribution in [3.8, 4) is 28.8 Å². The van der Waals surface area contributed by atoms with Crippen molar-refractivity contribution in [3.05, 3.63) is 67.4 Å². The lowest BCUT2D eigenvalue weighted by Gasteiger charge is -2.31. The maximum Gasteiger partial charge on any atom is 0.387 e. The lowest BCUT2D eigenvalue weighted by molar-refractivity contribution is -0.127. The van der Waals surface area contributed by atoms with Gasteiger partial charge in [0.2, 0.25) is 5.91 Å². The van der Waals surface area contributed by atoms with Crippen LogP contribution in [0.3, 0.4) is 0 Å². The van der Waals surface area contributed by atoms with Gasteiger partial charge in [0.15, 0.2) is 0 Å². The van der Waals surface area contributed by atoms with Crippen LogP contribution in [-0.4, -0.2) is 50.4 Å². The minimum Gasteiger partial charge on any atom is -0.435 e. The molecule has 34 heavy (non-hydrogen) atoms. The summed E-state index contributed by atoms with van der Waals surface area (Å²) in [7, 11) is 0. The van der Waals surface area contributed by atoms with Gasteiger partial charge in [-0.2, -0.15) is 8.78 Å². The molecule has 1 amide bonds. The fraction of sp³-hybridized carbons (Fsp3) is 0.292. The second-order valence-corrected chi connectivity index (χ2v) is 7.78. The molecule has 1 aliphatic rings. The highest BCUT2D eigenvalue weighted by molar-refractivity contribution is 5.87. The maximum absolute atomic E-state index is 12.4. The van der Waals surface area contributed by atoms with Crippen molar-refractivity contribution in [1.82, 2.24) is 24.8 Å². The molecule has 1 fully saturated rings. The van der Waals surface area contributed by atoms with E-state index in [-0.39, 0.29) is 23.4 Å². The summed E-state index contributed by atoms with van der Waals surface area (Å²) in [6.07, 6.45) is 10.5. The first-order chi connectivity index (χ1) is 16.5. The van der Waals surface area contributed by atoms with E-state index in [0.717, 1.165) is 38.0 Å². The maximum atomic E-state index is 12.4. The van der Waals surface area contributed by atoms with Crippen LogP contribution >= 0.6 is 0 Å². The number of nitrogens with zero attached hydrogens (tertiary/aromatic N) is 5. The van der Waals surface area contributed by atoms with Crippen LogP contribution < -0.4 is 9.47 Å². The third kappa shape index (κ3) is 6.09. The van der Waals surface area contributed by atoms with E-state index in [2.05, 4.69) is 26.3 Å². The monoisotopic (exact) mass is 467 g/mol. The molecule has 1 aromatic carbocycles. The SMILES string of the molecule is C=CC(=O)N1CCC(Cc2cncc(-c3cnc(Oc4cccc(OC(F)F)c4)nc3)n2)CC1. The number of piperidine rings is 1. The van der Waals surface area contributed by atoms with Crippen LogP contribution in [0.25, 0.3) is 11.3 Å². The second kappa shape index (κ2) is 10.8. The molecule has 0 spiro atoms. The van der Waals surface area contributed by atoms with Crippen molar-refractivity contribution in [2.75, 3.05) is 13.1 Å². The van der Waals surface area contributed by atoms with E-state index in [1.54, 1.807) is 30.9 Å². The number of rotatable bonds is 8. The molecule has 0 aliphatic carbocycles. The Kier molecular flexibility index (Phi) is 7.36. The van der Waals surface area contributed by atoms with Crippen molar-refractivity contribution < 1.29 is 23.0 Å². The predicted molar refractivity (Wildman–Crippen MR) is 119 cm³/mol. The van der Waals surface area contributed by atoms with Gasteiger partial charge >= 0.3 is 12.6 Å². The first kappa shape index (κ1) is 23.2. The van der Waals surface area contributed by atoms with E-state index < -0.39 is 6.61 Å². The molecule has 0 N–H and O–H groups in total. The normalized spacial score (nSPS) is 14.1. The number of aromatic nitrogens is 4. The van der Waals surface area contributed by atoms with Gasteiger partial charge in [0, 0.05) is 43.3 Å². The van der Waals surface area contributed by atoms with Crippen molar-refractivity contribution >= 4 is 5.91 Å². The number of likely N-dealkylation sites (tertiary alicyclic amines) is 1. The second-order valence-electron chi connectivity index (χ2n) is 7.78. The summed E-state index contributed by atoms with van der Waals surface area (Å²) in [6.45, 7) is 2.06. The number of carbonyl (C=O) groups excluding carboxylic acids is 1. The minimum atomic E-state index is -2.92. The van der Waals surface area contributed by atoms with E-state index in [1.807, 2.05) is 4.90 Å². The summed E-state index contributed by atoms with van der Waals surface area (Å²) in [6, 6.07) is 5.91. The number of hydrogen-bond donors (Lipinski definition) is 0. The Balaban J connectivity index is 1.37. The van der Waals surface area contributed by atoms with Gasteiger partial charge in [0.25, 0.3) is 0 Å². The highest BCUT2D eigenvalue weighted by atomic mass is 19.3. The van der Waals surface area contributed by atoms with Gasteiger partial charge in [-0.25, -0.2) is 15.0 Å². The van der Waals surface area contributed by atoms with E-state index in [9.17, 15) is 13.6 Å². The largest absolute Gasteiger partial charge is 0.435 e. The molecule has 1 saturated heterocycles. The number of carbonyl (C=O) groups is 1. The van der Waals surface area contributed by atoms with Crippen LogP contribution in [0.2, 0.25) is 0 Å². The fourth-order valence-corrected chi connectivity index (χ4v) is 3.75. The smallest absolute Gasteiger partial charge is 0.387 e. The van der Waals surface area contributed by atoms with Gasteiger partial charge in [0.1, 0.15) is 11.5 Å². The van der Waals surface area contributed by atoms with Gasteiger partial charge in [0.05, 0.1) is 17.6 Å². The average Bonchev–Trinajstić information content (AvgIpc) is 2.84. The van der Waals surface area contributed by atoms with Crippen LogP contribution in [0, 0.1) is 5.92 Å². The van der Waals surface area contributed by atoms with E-state index >= 15 is 0 Å². The molecule has 0 bridgehead atoms. The summed E-state index contributed by atoms with van der Waals surface area (Å²) >= 11 is 0. The molecule has 0 atom stereocenters. The number of halogens is 2. The van der Waals surface area contributed by atoms with Crippen LogP contribution in [0.4, 0.5) is 8.78 Å². The van der Waals surface area contributed by atoms with E-state index in [4.69, 9.17) is 9.72 Å². The molecule has 10 heteroatoms. The van der Waals surface area contributed by atoms with Crippen molar-refractivity contribution in [2.24, 2.45) is 5.92 Å². The Bertz CT molecular complexity index is 1140. The first-order valence-corrected chi connectivity index (χ1v) is 10.8. The standard InChI is InChI=1S/C24H23F2N5O3/c1-2-22(32)31-8-6-16(7-9-31)10-18-14-27-15-21(30-18)17-12-28-24(29-13-17)34-20-5-3-4-19(11-20)33-23(25)26/h2-5,11-16,23H,1,6-10H2. The van der Waals surface area contributed by atoms with Crippen LogP contribution in [0.1, 0.15) is 18.5 Å². The van der Waals surface area contributed by atoms with Gasteiger partial charge in [-0.05, 0) is 43.4 Å². The highest BCUT2D eigenvalue weighted by Gasteiger charge is 2.22. The Morgan fingerprint density at radius 2 is 1.88 bits per heavy atom. The van der Waals surface area contributed by atoms with Crippen LogP contribution in [0.5, 0.6) is 17.5 Å². The van der Waals surface area contributed by atoms with Crippen molar-refractivity contribution in [1.29, 1.82) is 0 Å². The third-order valence-electron chi connectivity index (χ3n) is 5.45. The number of amides is 1. The lowest BCUT2D eigenvalue weighted by atomic mass is 9.92. The molecule has 2 aromatic heterocycles. The van der Waals surface area contributed by atoms with Gasteiger partial charge in [-0.3, -0.25) is 9.78 Å². The third-order valence-corrected chi connectivity index (χ3v) is 5.45. The molecular weight excluding hydrogens is 444 g/mol. The minimum absolute atomic E-state index is 0.0193. The first-order valence-electron chi connectivity index (χ1n) is 10.8. The van der Waals surface area contributed by atoms with E-state index in [1.165, 1.54) is 24.3 Å². The number of benzene rings is 1. The van der Waals surface area contributed by atoms with E-state index in [0.29, 0.717) is 17.2 Å². The summed E-state index contributed by atoms with van der Waals surface area (Å²) in [5.74, 6) is 0.653. The average molecular weight is 467 g/mol. The molecule has 176 valence electrons. The molecule has 3 aromatic rings. The number of alkyl halides is 2. The zero-order valence-corrected chi connectivity index (χ0v) is 18.3. The molecular formula is C24H23F2N5O3. The van der Waals surface area contributed by atoms with Crippen LogP contribution in [0.15, 0.2) is 61.7 Å². The molecule has 8 nitrogen and oxygen atoms in total. The van der Waals surface area contributed by atoms with Crippen LogP contribution in [-0.2, 0) is 11.2 Å². The van der Waals surface area contributed by atoms with Crippen molar-refractivity contribution in [2.45, 2.75) is 25.9 Å². The van der Waals surface area contributed by atoms with Gasteiger partial charge in [-0.15, -0.1) is 0 Å². The topological polar surface area (TPSA) is 90.3 Å². The number of ether oxygens (including phenoxy) is 2. The number of hydrogen-bond acceptors (Lipinski definition) is 7. The van der Waals surface area contributed by atoms with Gasteiger partial charge in [-0.1, -0.05) is 12.6 Å². The quantitative estimate of drug-likeness (QED) is 0.457. The zero-order chi connectivity index (χ0) is 23.9. The molecule has 0 saturated carbocycles. The fourth-order valence-electron chi connectivity index (χ4n) is 3.75. The summed E-state index contributed by atoms with van der Waals surface area (Å²) < 4.78 is 34.7. The lowest BCUT2D eigenvalue weighted by Crippen LogP contribution is -2.37. The van der Waals surface area contributed by atoms with Crippen molar-refractivity contribution in [3.63, 3.8) is 0 Å². The molecule has 0 radical (unpaired) electrons. The molecule has 1 aliphatic heterocycles. The Morgan fingerprint density at radius 1 is 1.15 bits per heavy atom. The highest BCUT2D eigenvalue weighted by Crippen LogP contribution is 2.26. The van der Waals surface area contributed by atoms with Gasteiger partial charge < -0.3 is 14.4 Å². The predicted octanol–water partition coefficient (Wildman–Crippen LogP) is 4.29. The molecule has 4 rings (SSSR count). The summed E-state index contributed by atoms with van der Waals surface area (Å²) in [5, 5.41) is 0. The Hall–Kier alpha value is -3.95.